The van der Waals surface area contributed by atoms with Gasteiger partial charge in [-0.25, -0.2) is 0 Å². The molecular weight excluding hydrogens is 266 g/mol. The molecule has 1 unspecified atom stereocenters. The first kappa shape index (κ1) is 14.2. The number of piperidine rings is 1. The molecule has 1 fully saturated rings. The standard InChI is InChI=1S/C11H19N5O2S/c1-12-8-10-4-3-7-16(9-10)19(17,18)15-11-5-2-6-13-14-11/h2,5-6,10,12H,3-4,7-9H2,1H3,(H,14,15). The summed E-state index contributed by atoms with van der Waals surface area (Å²) < 4.78 is 28.4. The quantitative estimate of drug-likeness (QED) is 0.799. The fourth-order valence-electron chi connectivity index (χ4n) is 2.25. The predicted molar refractivity (Wildman–Crippen MR) is 72.8 cm³/mol. The summed E-state index contributed by atoms with van der Waals surface area (Å²) in [6, 6.07) is 3.23. The zero-order valence-corrected chi connectivity index (χ0v) is 11.7. The number of nitrogens with one attached hydrogen (secondary N) is 2. The molecule has 0 bridgehead atoms. The molecule has 0 spiro atoms. The van der Waals surface area contributed by atoms with Crippen molar-refractivity contribution in [3.05, 3.63) is 18.3 Å². The van der Waals surface area contributed by atoms with Crippen molar-refractivity contribution in [2.45, 2.75) is 12.8 Å². The van der Waals surface area contributed by atoms with E-state index in [2.05, 4.69) is 20.2 Å². The van der Waals surface area contributed by atoms with Crippen LogP contribution in [0.4, 0.5) is 5.82 Å². The Bertz CT molecular complexity index is 491. The van der Waals surface area contributed by atoms with Gasteiger partial charge >= 0.3 is 10.2 Å². The van der Waals surface area contributed by atoms with E-state index in [1.807, 2.05) is 7.05 Å². The van der Waals surface area contributed by atoms with Gasteiger partial charge in [0.25, 0.3) is 0 Å². The molecule has 2 heterocycles. The molecule has 0 radical (unpaired) electrons. The second-order valence-corrected chi connectivity index (χ2v) is 6.31. The molecule has 0 aromatic carbocycles. The van der Waals surface area contributed by atoms with Gasteiger partial charge in [-0.1, -0.05) is 0 Å². The molecule has 106 valence electrons. The monoisotopic (exact) mass is 285 g/mol. The van der Waals surface area contributed by atoms with Gasteiger partial charge in [-0.3, -0.25) is 4.72 Å². The van der Waals surface area contributed by atoms with E-state index in [9.17, 15) is 8.42 Å². The molecule has 1 atom stereocenters. The van der Waals surface area contributed by atoms with Crippen LogP contribution in [0.25, 0.3) is 0 Å². The van der Waals surface area contributed by atoms with Crippen molar-refractivity contribution in [3.63, 3.8) is 0 Å². The fraction of sp³-hybridized carbons (Fsp3) is 0.636. The Balaban J connectivity index is 2.03. The maximum Gasteiger partial charge on any atom is 0.302 e. The summed E-state index contributed by atoms with van der Waals surface area (Å²) in [4.78, 5) is 0. The van der Waals surface area contributed by atoms with E-state index in [4.69, 9.17) is 0 Å². The van der Waals surface area contributed by atoms with Gasteiger partial charge < -0.3 is 5.32 Å². The van der Waals surface area contributed by atoms with Crippen LogP contribution in [0.5, 0.6) is 0 Å². The minimum Gasteiger partial charge on any atom is -0.319 e. The molecule has 1 aliphatic heterocycles. The lowest BCUT2D eigenvalue weighted by molar-refractivity contribution is 0.264. The summed E-state index contributed by atoms with van der Waals surface area (Å²) in [5.74, 6) is 0.607. The summed E-state index contributed by atoms with van der Waals surface area (Å²) in [7, 11) is -1.65. The zero-order chi connectivity index (χ0) is 13.7. The van der Waals surface area contributed by atoms with Gasteiger partial charge in [0.05, 0.1) is 0 Å². The molecule has 1 saturated heterocycles. The highest BCUT2D eigenvalue weighted by Crippen LogP contribution is 2.19. The van der Waals surface area contributed by atoms with Crippen LogP contribution in [0.3, 0.4) is 0 Å². The Labute approximate surface area is 113 Å². The Morgan fingerprint density at radius 2 is 2.37 bits per heavy atom. The largest absolute Gasteiger partial charge is 0.319 e. The summed E-state index contributed by atoms with van der Waals surface area (Å²) in [5, 5.41) is 10.5. The summed E-state index contributed by atoms with van der Waals surface area (Å²) in [5.41, 5.74) is 0. The van der Waals surface area contributed by atoms with Crippen LogP contribution in [0.15, 0.2) is 18.3 Å². The van der Waals surface area contributed by atoms with Crippen molar-refractivity contribution >= 4 is 16.0 Å². The second-order valence-electron chi connectivity index (χ2n) is 4.64. The maximum atomic E-state index is 12.2. The van der Waals surface area contributed by atoms with E-state index in [0.29, 0.717) is 19.0 Å². The molecule has 0 amide bonds. The molecule has 2 rings (SSSR count). The molecule has 1 aliphatic rings. The summed E-state index contributed by atoms with van der Waals surface area (Å²) >= 11 is 0. The normalized spacial score (nSPS) is 21.2. The van der Waals surface area contributed by atoms with Crippen molar-refractivity contribution in [2.24, 2.45) is 5.92 Å². The van der Waals surface area contributed by atoms with Gasteiger partial charge in [-0.15, -0.1) is 5.10 Å². The SMILES string of the molecule is CNCC1CCCN(S(=O)(=O)Nc2cccnn2)C1. The number of hydrogen-bond donors (Lipinski definition) is 2. The first-order chi connectivity index (χ1) is 9.12. The summed E-state index contributed by atoms with van der Waals surface area (Å²) in [6.45, 7) is 1.92. The maximum absolute atomic E-state index is 12.2. The third kappa shape index (κ3) is 3.85. The van der Waals surface area contributed by atoms with Crippen molar-refractivity contribution in [2.75, 3.05) is 31.4 Å². The minimum absolute atomic E-state index is 0.248. The van der Waals surface area contributed by atoms with Gasteiger partial charge in [0.15, 0.2) is 5.82 Å². The zero-order valence-electron chi connectivity index (χ0n) is 10.9. The topological polar surface area (TPSA) is 87.2 Å². The Morgan fingerprint density at radius 1 is 1.53 bits per heavy atom. The lowest BCUT2D eigenvalue weighted by Crippen LogP contribution is -2.44. The summed E-state index contributed by atoms with van der Waals surface area (Å²) in [6.07, 6.45) is 3.44. The molecule has 19 heavy (non-hydrogen) atoms. The molecule has 0 saturated carbocycles. The van der Waals surface area contributed by atoms with Gasteiger partial charge in [0.1, 0.15) is 0 Å². The molecule has 2 N–H and O–H groups in total. The van der Waals surface area contributed by atoms with Crippen LogP contribution in [-0.2, 0) is 10.2 Å². The highest BCUT2D eigenvalue weighted by molar-refractivity contribution is 7.90. The average Bonchev–Trinajstić information content (AvgIpc) is 2.40. The molecular formula is C11H19N5O2S. The van der Waals surface area contributed by atoms with Gasteiger partial charge in [-0.2, -0.15) is 17.8 Å². The minimum atomic E-state index is -3.53. The van der Waals surface area contributed by atoms with Gasteiger partial charge in [0, 0.05) is 19.3 Å². The van der Waals surface area contributed by atoms with Crippen LogP contribution in [0.2, 0.25) is 0 Å². The number of rotatable bonds is 5. The van der Waals surface area contributed by atoms with Crippen molar-refractivity contribution in [1.82, 2.24) is 19.8 Å². The third-order valence-electron chi connectivity index (χ3n) is 3.12. The first-order valence-corrected chi connectivity index (χ1v) is 7.76. The van der Waals surface area contributed by atoms with Crippen LogP contribution < -0.4 is 10.0 Å². The number of nitrogens with zero attached hydrogens (tertiary/aromatic N) is 3. The van der Waals surface area contributed by atoms with Crippen LogP contribution in [0.1, 0.15) is 12.8 Å². The van der Waals surface area contributed by atoms with Gasteiger partial charge in [-0.05, 0) is 44.5 Å². The van der Waals surface area contributed by atoms with E-state index in [-0.39, 0.29) is 5.82 Å². The van der Waals surface area contributed by atoms with Crippen LogP contribution in [0, 0.1) is 5.92 Å². The van der Waals surface area contributed by atoms with Gasteiger partial charge in [0.2, 0.25) is 0 Å². The second kappa shape index (κ2) is 6.27. The van der Waals surface area contributed by atoms with Crippen LogP contribution >= 0.6 is 0 Å². The smallest absolute Gasteiger partial charge is 0.302 e. The third-order valence-corrected chi connectivity index (χ3v) is 4.60. The van der Waals surface area contributed by atoms with Crippen LogP contribution in [-0.4, -0.2) is 49.6 Å². The number of aromatic nitrogens is 2. The molecule has 8 heteroatoms. The lowest BCUT2D eigenvalue weighted by atomic mass is 10.00. The Hall–Kier alpha value is -1.25. The highest BCUT2D eigenvalue weighted by Gasteiger charge is 2.28. The molecule has 1 aromatic heterocycles. The predicted octanol–water partition coefficient (Wildman–Crippen LogP) is 0.0647. The molecule has 0 aliphatic carbocycles. The van der Waals surface area contributed by atoms with E-state index in [1.165, 1.54) is 10.5 Å². The van der Waals surface area contributed by atoms with Crippen molar-refractivity contribution in [3.8, 4) is 0 Å². The average molecular weight is 285 g/mol. The van der Waals surface area contributed by atoms with Crippen molar-refractivity contribution in [1.29, 1.82) is 0 Å². The highest BCUT2D eigenvalue weighted by atomic mass is 32.2. The number of hydrogen-bond acceptors (Lipinski definition) is 5. The fourth-order valence-corrected chi connectivity index (χ4v) is 3.53. The van der Waals surface area contributed by atoms with E-state index in [0.717, 1.165) is 19.4 Å². The Kier molecular flexibility index (Phi) is 4.67. The Morgan fingerprint density at radius 3 is 3.05 bits per heavy atom. The molecule has 1 aromatic rings. The van der Waals surface area contributed by atoms with E-state index >= 15 is 0 Å². The van der Waals surface area contributed by atoms with E-state index < -0.39 is 10.2 Å². The van der Waals surface area contributed by atoms with Crippen molar-refractivity contribution < 1.29 is 8.42 Å². The number of anilines is 1. The molecule has 7 nitrogen and oxygen atoms in total. The van der Waals surface area contributed by atoms with E-state index in [1.54, 1.807) is 12.1 Å². The lowest BCUT2D eigenvalue weighted by Gasteiger charge is -2.31. The first-order valence-electron chi connectivity index (χ1n) is 6.32.